The summed E-state index contributed by atoms with van der Waals surface area (Å²) in [7, 11) is 1.68. The van der Waals surface area contributed by atoms with E-state index in [2.05, 4.69) is 23.2 Å². The molecule has 0 aliphatic rings. The minimum absolute atomic E-state index is 0.339. The Bertz CT molecular complexity index is 517. The van der Waals surface area contributed by atoms with Gasteiger partial charge in [-0.05, 0) is 0 Å². The Morgan fingerprint density at radius 2 is 1.67 bits per heavy atom. The summed E-state index contributed by atoms with van der Waals surface area (Å²) in [5.74, 6) is 0.899. The molecule has 0 fully saturated rings. The number of hydrogen-bond donors (Lipinski definition) is 0. The molecule has 0 saturated heterocycles. The van der Waals surface area contributed by atoms with Gasteiger partial charge in [-0.2, -0.15) is 0 Å². The Labute approximate surface area is 119 Å². The molecular weight excluding hydrogens is 311 g/mol. The van der Waals surface area contributed by atoms with Crippen LogP contribution >= 0.6 is 11.6 Å². The van der Waals surface area contributed by atoms with E-state index in [1.54, 1.807) is 7.11 Å². The molecule has 18 heavy (non-hydrogen) atoms. The average Bonchev–Trinajstić information content (AvgIpc) is 2.42. The number of rotatable bonds is 4. The van der Waals surface area contributed by atoms with E-state index < -0.39 is 0 Å². The van der Waals surface area contributed by atoms with Gasteiger partial charge < -0.3 is 0 Å². The molecule has 2 rings (SSSR count). The van der Waals surface area contributed by atoms with Crippen LogP contribution in [0.2, 0.25) is 5.02 Å². The van der Waals surface area contributed by atoms with Crippen LogP contribution in [0, 0.1) is 0 Å². The molecule has 0 saturated carbocycles. The Hall–Kier alpha value is -1.21. The zero-order valence-electron chi connectivity index (χ0n) is 9.97. The van der Waals surface area contributed by atoms with Crippen LogP contribution in [0.15, 0.2) is 53.5 Å². The number of halogens is 1. The molecule has 1 nitrogen and oxygen atoms in total. The van der Waals surface area contributed by atoms with Crippen LogP contribution in [0.5, 0.6) is 5.75 Å². The van der Waals surface area contributed by atoms with Crippen molar-refractivity contribution in [2.75, 3.05) is 7.11 Å². The van der Waals surface area contributed by atoms with Gasteiger partial charge in [0, 0.05) is 0 Å². The van der Waals surface area contributed by atoms with Gasteiger partial charge in [-0.25, -0.2) is 0 Å². The Morgan fingerprint density at radius 3 is 2.28 bits per heavy atom. The topological polar surface area (TPSA) is 9.23 Å². The van der Waals surface area contributed by atoms with Gasteiger partial charge in [-0.3, -0.25) is 0 Å². The van der Waals surface area contributed by atoms with E-state index in [1.165, 1.54) is 10.0 Å². The van der Waals surface area contributed by atoms with E-state index in [1.807, 2.05) is 36.4 Å². The molecule has 0 radical (unpaired) electrons. The zero-order chi connectivity index (χ0) is 12.8. The summed E-state index contributed by atoms with van der Waals surface area (Å²) < 4.78 is 6.46. The van der Waals surface area contributed by atoms with Gasteiger partial charge in [0.2, 0.25) is 0 Å². The molecule has 0 atom stereocenters. The fourth-order valence-corrected chi connectivity index (χ4v) is 2.96. The predicted molar refractivity (Wildman–Crippen MR) is 78.9 cm³/mol. The quantitative estimate of drug-likeness (QED) is 0.784. The monoisotopic (exact) mass is 324 g/mol. The third kappa shape index (κ3) is 3.92. The van der Waals surface area contributed by atoms with Gasteiger partial charge in [0.1, 0.15) is 0 Å². The van der Waals surface area contributed by atoms with Crippen LogP contribution in [0.25, 0.3) is 6.08 Å². The summed E-state index contributed by atoms with van der Waals surface area (Å²) in [6, 6.07) is 16.0. The standard InChI is InChI=1S/C15H13ClOSe/c1-17-14-6-8-15(9-7-14)18-11-10-12-2-4-13(16)5-3-12/h2-11H,1H3/b11-10+. The van der Waals surface area contributed by atoms with E-state index in [9.17, 15) is 0 Å². The van der Waals surface area contributed by atoms with E-state index in [0.29, 0.717) is 15.0 Å². The van der Waals surface area contributed by atoms with Crippen LogP contribution < -0.4 is 9.20 Å². The Morgan fingerprint density at radius 1 is 1.00 bits per heavy atom. The molecule has 3 heteroatoms. The summed E-state index contributed by atoms with van der Waals surface area (Å²) in [5.41, 5.74) is 1.18. The summed E-state index contributed by atoms with van der Waals surface area (Å²) in [5, 5.41) is 0.771. The second-order valence-corrected chi connectivity index (χ2v) is 6.14. The van der Waals surface area contributed by atoms with E-state index in [4.69, 9.17) is 16.3 Å². The second-order valence-electron chi connectivity index (χ2n) is 3.65. The first kappa shape index (κ1) is 13.2. The van der Waals surface area contributed by atoms with Crippen molar-refractivity contribution in [2.24, 2.45) is 0 Å². The normalized spacial score (nSPS) is 10.8. The van der Waals surface area contributed by atoms with Gasteiger partial charge in [0.25, 0.3) is 0 Å². The second kappa shape index (κ2) is 6.65. The summed E-state index contributed by atoms with van der Waals surface area (Å²) >= 11 is 6.18. The molecule has 0 N–H and O–H groups in total. The molecule has 0 spiro atoms. The van der Waals surface area contributed by atoms with Crippen molar-refractivity contribution in [1.29, 1.82) is 0 Å². The van der Waals surface area contributed by atoms with Gasteiger partial charge in [-0.1, -0.05) is 0 Å². The van der Waals surface area contributed by atoms with Crippen LogP contribution in [-0.2, 0) is 0 Å². The van der Waals surface area contributed by atoms with Gasteiger partial charge in [0.05, 0.1) is 0 Å². The maximum atomic E-state index is 5.84. The summed E-state index contributed by atoms with van der Waals surface area (Å²) in [4.78, 5) is 2.21. The third-order valence-electron chi connectivity index (χ3n) is 2.39. The molecule has 92 valence electrons. The first-order chi connectivity index (χ1) is 8.78. The molecule has 0 aromatic heterocycles. The van der Waals surface area contributed by atoms with Crippen molar-refractivity contribution in [1.82, 2.24) is 0 Å². The molecule has 0 amide bonds. The number of methoxy groups -OCH3 is 1. The van der Waals surface area contributed by atoms with E-state index in [0.717, 1.165) is 10.8 Å². The SMILES string of the molecule is COc1ccc([Se]/C=C/c2ccc(Cl)cc2)cc1. The fraction of sp³-hybridized carbons (Fsp3) is 0.0667. The molecular formula is C15H13ClOSe. The van der Waals surface area contributed by atoms with Crippen molar-refractivity contribution in [2.45, 2.75) is 0 Å². The molecule has 0 bridgehead atoms. The molecule has 0 aliphatic heterocycles. The number of ether oxygens (including phenoxy) is 1. The van der Waals surface area contributed by atoms with Crippen molar-refractivity contribution >= 4 is 37.1 Å². The van der Waals surface area contributed by atoms with Gasteiger partial charge >= 0.3 is 119 Å². The molecule has 2 aromatic rings. The molecule has 0 unspecified atom stereocenters. The van der Waals surface area contributed by atoms with Crippen LogP contribution in [-0.4, -0.2) is 22.1 Å². The van der Waals surface area contributed by atoms with Crippen molar-refractivity contribution in [3.05, 3.63) is 64.1 Å². The first-order valence-corrected chi connectivity index (χ1v) is 7.73. The van der Waals surface area contributed by atoms with Crippen LogP contribution in [0.1, 0.15) is 5.56 Å². The zero-order valence-corrected chi connectivity index (χ0v) is 12.4. The van der Waals surface area contributed by atoms with Crippen LogP contribution in [0.3, 0.4) is 0 Å². The van der Waals surface area contributed by atoms with E-state index >= 15 is 0 Å². The first-order valence-electron chi connectivity index (χ1n) is 5.51. The summed E-state index contributed by atoms with van der Waals surface area (Å²) in [6.07, 6.45) is 2.13. The average molecular weight is 324 g/mol. The van der Waals surface area contributed by atoms with Crippen molar-refractivity contribution < 1.29 is 4.74 Å². The van der Waals surface area contributed by atoms with Crippen molar-refractivity contribution in [3.8, 4) is 5.75 Å². The van der Waals surface area contributed by atoms with Crippen LogP contribution in [0.4, 0.5) is 0 Å². The van der Waals surface area contributed by atoms with Crippen molar-refractivity contribution in [3.63, 3.8) is 0 Å². The Balaban J connectivity index is 1.95. The molecule has 0 heterocycles. The predicted octanol–water partition coefficient (Wildman–Crippen LogP) is 3.35. The maximum absolute atomic E-state index is 5.84. The van der Waals surface area contributed by atoms with E-state index in [-0.39, 0.29) is 0 Å². The molecule has 2 aromatic carbocycles. The minimum atomic E-state index is 0.339. The number of benzene rings is 2. The third-order valence-corrected chi connectivity index (χ3v) is 4.36. The summed E-state index contributed by atoms with van der Waals surface area (Å²) in [6.45, 7) is 0. The Kier molecular flexibility index (Phi) is 4.89. The van der Waals surface area contributed by atoms with Gasteiger partial charge in [0.15, 0.2) is 0 Å². The molecule has 0 aliphatic carbocycles. The number of hydrogen-bond acceptors (Lipinski definition) is 1. The van der Waals surface area contributed by atoms with Gasteiger partial charge in [-0.15, -0.1) is 0 Å². The fourth-order valence-electron chi connectivity index (χ4n) is 1.42.